The van der Waals surface area contributed by atoms with Crippen LogP contribution in [0.5, 0.6) is 5.75 Å². The van der Waals surface area contributed by atoms with Crippen LogP contribution in [0.3, 0.4) is 0 Å². The Morgan fingerprint density at radius 2 is 2.09 bits per heavy atom. The van der Waals surface area contributed by atoms with Crippen LogP contribution < -0.4 is 10.1 Å². The van der Waals surface area contributed by atoms with Gasteiger partial charge in [0.05, 0.1) is 19.0 Å². The van der Waals surface area contributed by atoms with Gasteiger partial charge >= 0.3 is 0 Å². The lowest BCUT2D eigenvalue weighted by molar-refractivity contribution is -0.120. The van der Waals surface area contributed by atoms with Gasteiger partial charge in [0, 0.05) is 36.1 Å². The van der Waals surface area contributed by atoms with Crippen LogP contribution in [0.2, 0.25) is 0 Å². The molecule has 0 saturated carbocycles. The van der Waals surface area contributed by atoms with Gasteiger partial charge in [-0.3, -0.25) is 14.8 Å². The van der Waals surface area contributed by atoms with Gasteiger partial charge in [0.1, 0.15) is 5.75 Å². The van der Waals surface area contributed by atoms with Crippen LogP contribution in [0.25, 0.3) is 10.9 Å². The fraction of sp³-hybridized carbons (Fsp3) is 0.167. The summed E-state index contributed by atoms with van der Waals surface area (Å²) in [6, 6.07) is 11.4. The lowest BCUT2D eigenvalue weighted by Gasteiger charge is -2.09. The van der Waals surface area contributed by atoms with E-state index in [1.54, 1.807) is 25.7 Å². The number of fused-ring (bicyclic) bond motifs is 1. The summed E-state index contributed by atoms with van der Waals surface area (Å²) in [5.74, 6) is 0.715. The molecule has 0 bridgehead atoms. The van der Waals surface area contributed by atoms with Crippen molar-refractivity contribution in [2.24, 2.45) is 0 Å². The number of pyridine rings is 2. The van der Waals surface area contributed by atoms with Gasteiger partial charge in [0.15, 0.2) is 0 Å². The number of benzene rings is 1. The molecule has 3 rings (SSSR count). The number of nitrogens with zero attached hydrogens (tertiary/aromatic N) is 2. The molecule has 1 N–H and O–H groups in total. The zero-order valence-electron chi connectivity index (χ0n) is 12.8. The predicted octanol–water partition coefficient (Wildman–Crippen LogP) is 2.50. The van der Waals surface area contributed by atoms with Gasteiger partial charge < -0.3 is 10.1 Å². The molecule has 116 valence electrons. The van der Waals surface area contributed by atoms with Gasteiger partial charge in [-0.25, -0.2) is 0 Å². The highest BCUT2D eigenvalue weighted by Crippen LogP contribution is 2.17. The SMILES string of the molecule is COc1ccccc1CNC(=O)Cc1cnc2ccncc2c1. The summed E-state index contributed by atoms with van der Waals surface area (Å²) in [4.78, 5) is 20.5. The highest BCUT2D eigenvalue weighted by molar-refractivity contribution is 5.82. The number of methoxy groups -OCH3 is 1. The van der Waals surface area contributed by atoms with E-state index in [1.807, 2.05) is 36.4 Å². The zero-order valence-corrected chi connectivity index (χ0v) is 12.8. The molecule has 0 saturated heterocycles. The van der Waals surface area contributed by atoms with Crippen molar-refractivity contribution < 1.29 is 9.53 Å². The van der Waals surface area contributed by atoms with Gasteiger partial charge in [-0.15, -0.1) is 0 Å². The largest absolute Gasteiger partial charge is 0.496 e. The van der Waals surface area contributed by atoms with Crippen molar-refractivity contribution in [3.05, 3.63) is 66.1 Å². The molecule has 2 heterocycles. The van der Waals surface area contributed by atoms with Gasteiger partial charge in [-0.1, -0.05) is 18.2 Å². The monoisotopic (exact) mass is 307 g/mol. The van der Waals surface area contributed by atoms with Crippen LogP contribution in [-0.2, 0) is 17.8 Å². The third-order valence-electron chi connectivity index (χ3n) is 3.57. The van der Waals surface area contributed by atoms with Crippen molar-refractivity contribution in [3.8, 4) is 5.75 Å². The Labute approximate surface area is 134 Å². The predicted molar refractivity (Wildman–Crippen MR) is 88.1 cm³/mol. The number of para-hydroxylation sites is 1. The van der Waals surface area contributed by atoms with Crippen molar-refractivity contribution in [3.63, 3.8) is 0 Å². The number of rotatable bonds is 5. The molecular weight excluding hydrogens is 290 g/mol. The molecule has 0 aliphatic rings. The van der Waals surface area contributed by atoms with Crippen molar-refractivity contribution in [2.45, 2.75) is 13.0 Å². The van der Waals surface area contributed by atoms with Crippen LogP contribution >= 0.6 is 0 Å². The molecular formula is C18H17N3O2. The van der Waals surface area contributed by atoms with E-state index < -0.39 is 0 Å². The Hall–Kier alpha value is -2.95. The Kier molecular flexibility index (Phi) is 4.47. The zero-order chi connectivity index (χ0) is 16.1. The minimum atomic E-state index is -0.0547. The van der Waals surface area contributed by atoms with Crippen LogP contribution in [0.15, 0.2) is 55.0 Å². The maximum atomic E-state index is 12.1. The number of ether oxygens (including phenoxy) is 1. The van der Waals surface area contributed by atoms with Gasteiger partial charge in [-0.05, 0) is 23.8 Å². The van der Waals surface area contributed by atoms with E-state index in [9.17, 15) is 4.79 Å². The van der Waals surface area contributed by atoms with Crippen molar-refractivity contribution in [1.82, 2.24) is 15.3 Å². The second kappa shape index (κ2) is 6.87. The smallest absolute Gasteiger partial charge is 0.224 e. The van der Waals surface area contributed by atoms with Crippen LogP contribution in [0.1, 0.15) is 11.1 Å². The standard InChI is InChI=1S/C18H17N3O2/c1-23-17-5-3-2-4-14(17)12-21-18(22)9-13-8-15-11-19-7-6-16(15)20-10-13/h2-8,10-11H,9,12H2,1H3,(H,21,22). The number of aromatic nitrogens is 2. The van der Waals surface area contributed by atoms with Gasteiger partial charge in [-0.2, -0.15) is 0 Å². The summed E-state index contributed by atoms with van der Waals surface area (Å²) in [6.07, 6.45) is 5.46. The molecule has 1 amide bonds. The maximum Gasteiger partial charge on any atom is 0.224 e. The van der Waals surface area contributed by atoms with E-state index in [2.05, 4.69) is 15.3 Å². The molecule has 0 aliphatic carbocycles. The van der Waals surface area contributed by atoms with Crippen molar-refractivity contribution in [2.75, 3.05) is 7.11 Å². The lowest BCUT2D eigenvalue weighted by Crippen LogP contribution is -2.24. The minimum Gasteiger partial charge on any atom is -0.496 e. The molecule has 0 fully saturated rings. The summed E-state index contributed by atoms with van der Waals surface area (Å²) in [7, 11) is 1.62. The first kappa shape index (κ1) is 15.0. The fourth-order valence-electron chi connectivity index (χ4n) is 2.40. The van der Waals surface area contributed by atoms with E-state index in [1.165, 1.54) is 0 Å². The van der Waals surface area contributed by atoms with E-state index in [-0.39, 0.29) is 12.3 Å². The molecule has 2 aromatic heterocycles. The molecule has 0 spiro atoms. The molecule has 0 aliphatic heterocycles. The third kappa shape index (κ3) is 3.63. The number of nitrogens with one attached hydrogen (secondary N) is 1. The molecule has 3 aromatic rings. The number of hydrogen-bond acceptors (Lipinski definition) is 4. The first-order chi connectivity index (χ1) is 11.3. The Bertz CT molecular complexity index is 833. The first-order valence-electron chi connectivity index (χ1n) is 7.33. The summed E-state index contributed by atoms with van der Waals surface area (Å²) < 4.78 is 5.28. The first-order valence-corrected chi connectivity index (χ1v) is 7.33. The van der Waals surface area contributed by atoms with Crippen molar-refractivity contribution in [1.29, 1.82) is 0 Å². The quantitative estimate of drug-likeness (QED) is 0.786. The minimum absolute atomic E-state index is 0.0547. The van der Waals surface area contributed by atoms with Crippen molar-refractivity contribution >= 4 is 16.8 Å². The van der Waals surface area contributed by atoms with E-state index >= 15 is 0 Å². The Morgan fingerprint density at radius 1 is 1.22 bits per heavy atom. The molecule has 0 unspecified atom stereocenters. The lowest BCUT2D eigenvalue weighted by atomic mass is 10.1. The van der Waals surface area contributed by atoms with Crippen LogP contribution in [0, 0.1) is 0 Å². The third-order valence-corrected chi connectivity index (χ3v) is 3.57. The normalized spacial score (nSPS) is 10.5. The number of carbonyl (C=O) groups excluding carboxylic acids is 1. The molecule has 1 aromatic carbocycles. The summed E-state index contributed by atoms with van der Waals surface area (Å²) in [5, 5.41) is 3.84. The van der Waals surface area contributed by atoms with E-state index in [0.29, 0.717) is 6.54 Å². The Morgan fingerprint density at radius 3 is 2.96 bits per heavy atom. The summed E-state index contributed by atoms with van der Waals surface area (Å²) >= 11 is 0. The van der Waals surface area contributed by atoms with Crippen LogP contribution in [0.4, 0.5) is 0 Å². The number of hydrogen-bond donors (Lipinski definition) is 1. The second-order valence-corrected chi connectivity index (χ2v) is 5.18. The molecule has 23 heavy (non-hydrogen) atoms. The average Bonchev–Trinajstić information content (AvgIpc) is 2.60. The maximum absolute atomic E-state index is 12.1. The van der Waals surface area contributed by atoms with E-state index in [0.717, 1.165) is 27.8 Å². The molecule has 5 heteroatoms. The van der Waals surface area contributed by atoms with Gasteiger partial charge in [0.2, 0.25) is 5.91 Å². The fourth-order valence-corrected chi connectivity index (χ4v) is 2.40. The number of amides is 1. The molecule has 0 radical (unpaired) electrons. The highest BCUT2D eigenvalue weighted by atomic mass is 16.5. The average molecular weight is 307 g/mol. The molecule has 0 atom stereocenters. The van der Waals surface area contributed by atoms with Gasteiger partial charge in [0.25, 0.3) is 0 Å². The summed E-state index contributed by atoms with van der Waals surface area (Å²) in [6.45, 7) is 0.436. The highest BCUT2D eigenvalue weighted by Gasteiger charge is 2.07. The second-order valence-electron chi connectivity index (χ2n) is 5.18. The number of carbonyl (C=O) groups is 1. The summed E-state index contributed by atoms with van der Waals surface area (Å²) in [5.41, 5.74) is 2.69. The van der Waals surface area contributed by atoms with E-state index in [4.69, 9.17) is 4.74 Å². The van der Waals surface area contributed by atoms with Crippen LogP contribution in [-0.4, -0.2) is 23.0 Å². The Balaban J connectivity index is 1.64. The topological polar surface area (TPSA) is 64.1 Å². The molecule has 5 nitrogen and oxygen atoms in total.